The molecule has 0 saturated carbocycles. The van der Waals surface area contributed by atoms with Crippen molar-refractivity contribution in [2.24, 2.45) is 5.92 Å². The number of halogens is 2. The lowest BCUT2D eigenvalue weighted by atomic mass is 9.92. The normalized spacial score (nSPS) is 14.4. The predicted molar refractivity (Wildman–Crippen MR) is 71.9 cm³/mol. The first-order valence-electron chi connectivity index (χ1n) is 5.69. The summed E-state index contributed by atoms with van der Waals surface area (Å²) in [5.74, 6) is -0.877. The second kappa shape index (κ2) is 5.80. The minimum atomic E-state index is -0.986. The summed E-state index contributed by atoms with van der Waals surface area (Å²) in [5.41, 5.74) is -0.762. The largest absolute Gasteiger partial charge is 0.388 e. The van der Waals surface area contributed by atoms with Crippen molar-refractivity contribution in [2.45, 2.75) is 26.4 Å². The Kier molecular flexibility index (Phi) is 4.87. The minimum absolute atomic E-state index is 0.0112. The van der Waals surface area contributed by atoms with Crippen molar-refractivity contribution in [1.29, 1.82) is 0 Å². The third kappa shape index (κ3) is 4.07. The lowest BCUT2D eigenvalue weighted by molar-refractivity contribution is 0.0142. The van der Waals surface area contributed by atoms with Gasteiger partial charge in [0.15, 0.2) is 0 Å². The van der Waals surface area contributed by atoms with E-state index in [0.717, 1.165) is 6.07 Å². The van der Waals surface area contributed by atoms with Crippen LogP contribution in [0.5, 0.6) is 0 Å². The molecule has 1 atom stereocenters. The van der Waals surface area contributed by atoms with E-state index in [1.165, 1.54) is 12.1 Å². The van der Waals surface area contributed by atoms with E-state index in [1.807, 2.05) is 13.8 Å². The smallest absolute Gasteiger partial charge is 0.251 e. The fraction of sp³-hybridized carbons (Fsp3) is 0.462. The summed E-state index contributed by atoms with van der Waals surface area (Å²) in [5, 5.41) is 12.6. The second-order valence-electron chi connectivity index (χ2n) is 4.85. The maximum Gasteiger partial charge on any atom is 0.251 e. The van der Waals surface area contributed by atoms with E-state index in [4.69, 9.17) is 0 Å². The van der Waals surface area contributed by atoms with Gasteiger partial charge in [-0.1, -0.05) is 29.8 Å². The Balaban J connectivity index is 2.72. The molecular formula is C13H17BrFNO2. The summed E-state index contributed by atoms with van der Waals surface area (Å²) in [4.78, 5) is 11.8. The van der Waals surface area contributed by atoms with Crippen LogP contribution in [0.25, 0.3) is 0 Å². The quantitative estimate of drug-likeness (QED) is 0.897. The molecule has 0 fully saturated rings. The van der Waals surface area contributed by atoms with E-state index in [0.29, 0.717) is 4.47 Å². The third-order valence-electron chi connectivity index (χ3n) is 2.98. The van der Waals surface area contributed by atoms with E-state index in [9.17, 15) is 14.3 Å². The molecular weight excluding hydrogens is 301 g/mol. The molecule has 0 bridgehead atoms. The van der Waals surface area contributed by atoms with Crippen molar-refractivity contribution in [1.82, 2.24) is 5.32 Å². The van der Waals surface area contributed by atoms with Crippen molar-refractivity contribution in [2.75, 3.05) is 6.54 Å². The van der Waals surface area contributed by atoms with Gasteiger partial charge in [-0.15, -0.1) is 0 Å². The van der Waals surface area contributed by atoms with Crippen molar-refractivity contribution in [3.8, 4) is 0 Å². The standard InChI is InChI=1S/C13H17BrFNO2/c1-8(2)13(3,18)7-16-12(17)9-4-10(14)6-11(15)5-9/h4-6,8,18H,7H2,1-3H3,(H,16,17). The molecule has 100 valence electrons. The number of hydrogen-bond acceptors (Lipinski definition) is 2. The zero-order chi connectivity index (χ0) is 13.9. The Morgan fingerprint density at radius 1 is 1.50 bits per heavy atom. The molecule has 0 heterocycles. The molecule has 1 rings (SSSR count). The van der Waals surface area contributed by atoms with Gasteiger partial charge in [-0.2, -0.15) is 0 Å². The van der Waals surface area contributed by atoms with Gasteiger partial charge < -0.3 is 10.4 Å². The Bertz CT molecular complexity index is 426. The van der Waals surface area contributed by atoms with Gasteiger partial charge in [-0.25, -0.2) is 4.39 Å². The van der Waals surface area contributed by atoms with Gasteiger partial charge in [0.05, 0.1) is 5.60 Å². The van der Waals surface area contributed by atoms with Gasteiger partial charge in [0.2, 0.25) is 0 Å². The van der Waals surface area contributed by atoms with Crippen molar-refractivity contribution in [3.63, 3.8) is 0 Å². The highest BCUT2D eigenvalue weighted by atomic mass is 79.9. The number of benzene rings is 1. The Morgan fingerprint density at radius 3 is 2.61 bits per heavy atom. The van der Waals surface area contributed by atoms with Crippen LogP contribution < -0.4 is 5.32 Å². The van der Waals surface area contributed by atoms with Crippen LogP contribution in [-0.2, 0) is 0 Å². The van der Waals surface area contributed by atoms with Crippen molar-refractivity contribution >= 4 is 21.8 Å². The number of amides is 1. The summed E-state index contributed by atoms with van der Waals surface area (Å²) >= 11 is 3.13. The van der Waals surface area contributed by atoms with Crippen LogP contribution >= 0.6 is 15.9 Å². The number of carbonyl (C=O) groups excluding carboxylic acids is 1. The molecule has 0 saturated heterocycles. The van der Waals surface area contributed by atoms with Gasteiger partial charge in [0.25, 0.3) is 5.91 Å². The molecule has 5 heteroatoms. The number of nitrogens with one attached hydrogen (secondary N) is 1. The Morgan fingerprint density at radius 2 is 2.11 bits per heavy atom. The highest BCUT2D eigenvalue weighted by molar-refractivity contribution is 9.10. The molecule has 0 aromatic heterocycles. The molecule has 0 radical (unpaired) electrons. The summed E-state index contributed by atoms with van der Waals surface area (Å²) in [6.45, 7) is 5.51. The molecule has 0 spiro atoms. The van der Waals surface area contributed by atoms with Crippen LogP contribution in [0.3, 0.4) is 0 Å². The molecule has 0 aliphatic heterocycles. The average Bonchev–Trinajstić information content (AvgIpc) is 2.24. The summed E-state index contributed by atoms with van der Waals surface area (Å²) in [7, 11) is 0. The predicted octanol–water partition coefficient (Wildman–Crippen LogP) is 2.73. The molecule has 1 aromatic carbocycles. The van der Waals surface area contributed by atoms with E-state index in [-0.39, 0.29) is 18.0 Å². The molecule has 1 amide bonds. The van der Waals surface area contributed by atoms with E-state index < -0.39 is 17.3 Å². The monoisotopic (exact) mass is 317 g/mol. The Labute approximate surface area is 115 Å². The van der Waals surface area contributed by atoms with E-state index in [2.05, 4.69) is 21.2 Å². The topological polar surface area (TPSA) is 49.3 Å². The van der Waals surface area contributed by atoms with Crippen LogP contribution in [0, 0.1) is 11.7 Å². The summed E-state index contributed by atoms with van der Waals surface area (Å²) in [6, 6.07) is 3.97. The van der Waals surface area contributed by atoms with E-state index in [1.54, 1.807) is 6.92 Å². The fourth-order valence-electron chi connectivity index (χ4n) is 1.25. The molecule has 3 nitrogen and oxygen atoms in total. The SMILES string of the molecule is CC(C)C(C)(O)CNC(=O)c1cc(F)cc(Br)c1. The zero-order valence-corrected chi connectivity index (χ0v) is 12.2. The number of hydrogen-bond donors (Lipinski definition) is 2. The second-order valence-corrected chi connectivity index (χ2v) is 5.77. The fourth-order valence-corrected chi connectivity index (χ4v) is 1.72. The molecule has 1 unspecified atom stereocenters. The Hall–Kier alpha value is -0.940. The van der Waals surface area contributed by atoms with Gasteiger partial charge in [-0.05, 0) is 31.0 Å². The van der Waals surface area contributed by atoms with Gasteiger partial charge in [0, 0.05) is 16.6 Å². The first-order valence-corrected chi connectivity index (χ1v) is 6.48. The average molecular weight is 318 g/mol. The molecule has 2 N–H and O–H groups in total. The summed E-state index contributed by atoms with van der Waals surface area (Å²) in [6.07, 6.45) is 0. The maximum atomic E-state index is 13.1. The van der Waals surface area contributed by atoms with Gasteiger partial charge >= 0.3 is 0 Å². The first-order chi connectivity index (χ1) is 8.22. The van der Waals surface area contributed by atoms with Gasteiger partial charge in [-0.3, -0.25) is 4.79 Å². The summed E-state index contributed by atoms with van der Waals surface area (Å²) < 4.78 is 13.6. The molecule has 18 heavy (non-hydrogen) atoms. The molecule has 1 aromatic rings. The zero-order valence-electron chi connectivity index (χ0n) is 10.6. The van der Waals surface area contributed by atoms with Crippen LogP contribution in [0.4, 0.5) is 4.39 Å². The van der Waals surface area contributed by atoms with Gasteiger partial charge in [0.1, 0.15) is 5.82 Å². The first kappa shape index (κ1) is 15.1. The maximum absolute atomic E-state index is 13.1. The van der Waals surface area contributed by atoms with Crippen molar-refractivity contribution in [3.05, 3.63) is 34.1 Å². The van der Waals surface area contributed by atoms with Crippen LogP contribution in [0.15, 0.2) is 22.7 Å². The minimum Gasteiger partial charge on any atom is -0.388 e. The van der Waals surface area contributed by atoms with Crippen molar-refractivity contribution < 1.29 is 14.3 Å². The van der Waals surface area contributed by atoms with Crippen LogP contribution in [0.1, 0.15) is 31.1 Å². The number of rotatable bonds is 4. The van der Waals surface area contributed by atoms with Crippen LogP contribution in [-0.4, -0.2) is 23.2 Å². The lowest BCUT2D eigenvalue weighted by Gasteiger charge is -2.27. The van der Waals surface area contributed by atoms with E-state index >= 15 is 0 Å². The lowest BCUT2D eigenvalue weighted by Crippen LogP contribution is -2.44. The third-order valence-corrected chi connectivity index (χ3v) is 3.43. The molecule has 0 aliphatic rings. The number of aliphatic hydroxyl groups is 1. The highest BCUT2D eigenvalue weighted by Crippen LogP contribution is 2.17. The van der Waals surface area contributed by atoms with Crippen LogP contribution in [0.2, 0.25) is 0 Å². The number of carbonyl (C=O) groups is 1. The molecule has 0 aliphatic carbocycles. The highest BCUT2D eigenvalue weighted by Gasteiger charge is 2.25.